The number of rotatable bonds is 4. The van der Waals surface area contributed by atoms with Crippen molar-refractivity contribution >= 4 is 11.3 Å². The van der Waals surface area contributed by atoms with E-state index in [1.54, 1.807) is 11.3 Å². The number of nitrogens with zero attached hydrogens (tertiary/aromatic N) is 1. The molecule has 1 aromatic rings. The molecule has 2 atom stereocenters. The first kappa shape index (κ1) is 11.0. The van der Waals surface area contributed by atoms with Gasteiger partial charge in [-0.05, 0) is 26.3 Å². The maximum atomic E-state index is 5.79. The maximum Gasteiger partial charge on any atom is 0.122 e. The van der Waals surface area contributed by atoms with E-state index in [1.807, 2.05) is 6.20 Å². The van der Waals surface area contributed by atoms with Crippen LogP contribution in [0.4, 0.5) is 0 Å². The molecule has 3 nitrogen and oxygen atoms in total. The minimum Gasteiger partial charge on any atom is -0.368 e. The first-order valence-corrected chi connectivity index (χ1v) is 6.42. The number of hydrogen-bond donors (Lipinski definition) is 1. The zero-order chi connectivity index (χ0) is 10.7. The lowest BCUT2D eigenvalue weighted by Gasteiger charge is -2.06. The van der Waals surface area contributed by atoms with Crippen molar-refractivity contribution in [3.05, 3.63) is 16.1 Å². The van der Waals surface area contributed by atoms with E-state index in [9.17, 15) is 0 Å². The summed E-state index contributed by atoms with van der Waals surface area (Å²) in [6.45, 7) is 6.18. The highest BCUT2D eigenvalue weighted by Crippen LogP contribution is 2.34. The molecular weight excluding hydrogens is 208 g/mol. The summed E-state index contributed by atoms with van der Waals surface area (Å²) in [6.07, 6.45) is 4.90. The molecule has 1 aliphatic rings. The van der Waals surface area contributed by atoms with Gasteiger partial charge in [0.25, 0.3) is 0 Å². The van der Waals surface area contributed by atoms with Gasteiger partial charge in [-0.15, -0.1) is 11.3 Å². The molecular formula is C11H18N2OS. The van der Waals surface area contributed by atoms with Crippen LogP contribution in [0.15, 0.2) is 6.20 Å². The van der Waals surface area contributed by atoms with Gasteiger partial charge in [0, 0.05) is 17.6 Å². The molecule has 0 amide bonds. The molecule has 0 aromatic carbocycles. The van der Waals surface area contributed by atoms with Gasteiger partial charge >= 0.3 is 0 Å². The van der Waals surface area contributed by atoms with Gasteiger partial charge in [-0.25, -0.2) is 4.98 Å². The van der Waals surface area contributed by atoms with Crippen molar-refractivity contribution in [3.63, 3.8) is 0 Å². The SMILES string of the molecule is CCNCc1cnc(C2CCC(C)O2)s1. The molecule has 2 heterocycles. The molecule has 2 rings (SSSR count). The molecule has 1 N–H and O–H groups in total. The monoisotopic (exact) mass is 226 g/mol. The molecule has 1 aromatic heterocycles. The third-order valence-corrected chi connectivity index (χ3v) is 3.72. The summed E-state index contributed by atoms with van der Waals surface area (Å²) in [5.41, 5.74) is 0. The van der Waals surface area contributed by atoms with E-state index < -0.39 is 0 Å². The number of ether oxygens (including phenoxy) is 1. The van der Waals surface area contributed by atoms with Crippen molar-refractivity contribution in [2.45, 2.75) is 45.4 Å². The molecule has 0 aliphatic carbocycles. The maximum absolute atomic E-state index is 5.79. The largest absolute Gasteiger partial charge is 0.368 e. The molecule has 1 fully saturated rings. The third-order valence-electron chi connectivity index (χ3n) is 2.63. The van der Waals surface area contributed by atoms with E-state index in [0.29, 0.717) is 6.10 Å². The van der Waals surface area contributed by atoms with Crippen LogP contribution >= 0.6 is 11.3 Å². The minimum atomic E-state index is 0.250. The predicted octanol–water partition coefficient (Wildman–Crippen LogP) is 2.49. The normalized spacial score (nSPS) is 26.0. The summed E-state index contributed by atoms with van der Waals surface area (Å²) < 4.78 is 5.79. The molecule has 1 saturated heterocycles. The molecule has 0 bridgehead atoms. The second-order valence-electron chi connectivity index (χ2n) is 3.96. The molecule has 1 aliphatic heterocycles. The Kier molecular flexibility index (Phi) is 3.72. The average molecular weight is 226 g/mol. The lowest BCUT2D eigenvalue weighted by molar-refractivity contribution is 0.0554. The highest BCUT2D eigenvalue weighted by Gasteiger charge is 2.25. The summed E-state index contributed by atoms with van der Waals surface area (Å²) >= 11 is 1.77. The Morgan fingerprint density at radius 2 is 2.47 bits per heavy atom. The Balaban J connectivity index is 1.94. The van der Waals surface area contributed by atoms with Crippen molar-refractivity contribution in [1.82, 2.24) is 10.3 Å². The van der Waals surface area contributed by atoms with Crippen LogP contribution in [-0.4, -0.2) is 17.6 Å². The van der Waals surface area contributed by atoms with E-state index in [2.05, 4.69) is 24.1 Å². The summed E-state index contributed by atoms with van der Waals surface area (Å²) in [7, 11) is 0. The van der Waals surface area contributed by atoms with E-state index in [0.717, 1.165) is 30.9 Å². The van der Waals surface area contributed by atoms with Gasteiger partial charge in [-0.2, -0.15) is 0 Å². The molecule has 2 unspecified atom stereocenters. The molecule has 84 valence electrons. The standard InChI is InChI=1S/C11H18N2OS/c1-3-12-6-9-7-13-11(15-9)10-5-4-8(2)14-10/h7-8,10,12H,3-6H2,1-2H3. The van der Waals surface area contributed by atoms with Crippen LogP contribution in [-0.2, 0) is 11.3 Å². The Morgan fingerprint density at radius 3 is 3.13 bits per heavy atom. The lowest BCUT2D eigenvalue weighted by atomic mass is 10.2. The van der Waals surface area contributed by atoms with Gasteiger partial charge in [0.1, 0.15) is 11.1 Å². The fourth-order valence-electron chi connectivity index (χ4n) is 1.79. The molecule has 4 heteroatoms. The second-order valence-corrected chi connectivity index (χ2v) is 5.10. The first-order chi connectivity index (χ1) is 7.29. The molecule has 0 spiro atoms. The van der Waals surface area contributed by atoms with Gasteiger partial charge in [-0.3, -0.25) is 0 Å². The van der Waals surface area contributed by atoms with E-state index >= 15 is 0 Å². The third kappa shape index (κ3) is 2.77. The van der Waals surface area contributed by atoms with Gasteiger partial charge in [0.15, 0.2) is 0 Å². The van der Waals surface area contributed by atoms with Crippen molar-refractivity contribution in [2.24, 2.45) is 0 Å². The van der Waals surface area contributed by atoms with Crippen LogP contribution in [0.25, 0.3) is 0 Å². The average Bonchev–Trinajstić information content (AvgIpc) is 2.83. The van der Waals surface area contributed by atoms with Crippen LogP contribution in [0.2, 0.25) is 0 Å². The predicted molar refractivity (Wildman–Crippen MR) is 62.0 cm³/mol. The zero-order valence-electron chi connectivity index (χ0n) is 9.32. The smallest absolute Gasteiger partial charge is 0.122 e. The van der Waals surface area contributed by atoms with E-state index in [1.165, 1.54) is 4.88 Å². The van der Waals surface area contributed by atoms with Crippen LogP contribution in [0, 0.1) is 0 Å². The van der Waals surface area contributed by atoms with Crippen molar-refractivity contribution in [1.29, 1.82) is 0 Å². The van der Waals surface area contributed by atoms with Gasteiger partial charge in [0.2, 0.25) is 0 Å². The van der Waals surface area contributed by atoms with Gasteiger partial charge < -0.3 is 10.1 Å². The Bertz CT molecular complexity index is 313. The van der Waals surface area contributed by atoms with Crippen molar-refractivity contribution in [2.75, 3.05) is 6.54 Å². The number of thiazole rings is 1. The fourth-order valence-corrected chi connectivity index (χ4v) is 2.74. The van der Waals surface area contributed by atoms with Crippen LogP contribution in [0.5, 0.6) is 0 Å². The second kappa shape index (κ2) is 5.05. The molecule has 0 saturated carbocycles. The lowest BCUT2D eigenvalue weighted by Crippen LogP contribution is -2.10. The van der Waals surface area contributed by atoms with Crippen LogP contribution < -0.4 is 5.32 Å². The van der Waals surface area contributed by atoms with E-state index in [4.69, 9.17) is 4.74 Å². The zero-order valence-corrected chi connectivity index (χ0v) is 10.1. The first-order valence-electron chi connectivity index (χ1n) is 5.60. The molecule has 15 heavy (non-hydrogen) atoms. The topological polar surface area (TPSA) is 34.2 Å². The van der Waals surface area contributed by atoms with E-state index in [-0.39, 0.29) is 6.10 Å². The molecule has 0 radical (unpaired) electrons. The fraction of sp³-hybridized carbons (Fsp3) is 0.727. The number of hydrogen-bond acceptors (Lipinski definition) is 4. The Labute approximate surface area is 94.9 Å². The summed E-state index contributed by atoms with van der Waals surface area (Å²) in [5.74, 6) is 0. The minimum absolute atomic E-state index is 0.250. The van der Waals surface area contributed by atoms with Gasteiger partial charge in [0.05, 0.1) is 6.10 Å². The van der Waals surface area contributed by atoms with Crippen molar-refractivity contribution in [3.8, 4) is 0 Å². The Hall–Kier alpha value is -0.450. The van der Waals surface area contributed by atoms with Gasteiger partial charge in [-0.1, -0.05) is 6.92 Å². The summed E-state index contributed by atoms with van der Waals surface area (Å²) in [4.78, 5) is 5.74. The quantitative estimate of drug-likeness (QED) is 0.856. The Morgan fingerprint density at radius 1 is 1.60 bits per heavy atom. The van der Waals surface area contributed by atoms with Crippen molar-refractivity contribution < 1.29 is 4.74 Å². The summed E-state index contributed by atoms with van der Waals surface area (Å²) in [5, 5.41) is 4.45. The highest BCUT2D eigenvalue weighted by molar-refractivity contribution is 7.11. The number of aromatic nitrogens is 1. The van der Waals surface area contributed by atoms with Crippen LogP contribution in [0.1, 0.15) is 42.7 Å². The van der Waals surface area contributed by atoms with Crippen LogP contribution in [0.3, 0.4) is 0 Å². The highest BCUT2D eigenvalue weighted by atomic mass is 32.1. The number of nitrogens with one attached hydrogen (secondary N) is 1. The summed E-state index contributed by atoms with van der Waals surface area (Å²) in [6, 6.07) is 0.